The van der Waals surface area contributed by atoms with Crippen LogP contribution in [-0.4, -0.2) is 16.4 Å². The fourth-order valence-corrected chi connectivity index (χ4v) is 0.995. The Labute approximate surface area is 68.1 Å². The Balaban J connectivity index is 2.62. The molecular weight excluding hydrogens is 156 g/mol. The number of rotatable bonds is 1. The molecule has 4 heteroatoms. The Bertz CT molecular complexity index is 387. The molecule has 1 aromatic carbocycles. The zero-order valence-corrected chi connectivity index (χ0v) is 6.14. The highest BCUT2D eigenvalue weighted by molar-refractivity contribution is 5.80. The summed E-state index contributed by atoms with van der Waals surface area (Å²) < 4.78 is 5.19. The predicted molar refractivity (Wildman–Crippen MR) is 43.4 cm³/mol. The van der Waals surface area contributed by atoms with Crippen molar-refractivity contribution in [2.24, 2.45) is 5.16 Å². The van der Waals surface area contributed by atoms with E-state index in [0.717, 1.165) is 11.7 Å². The van der Waals surface area contributed by atoms with Gasteiger partial charge in [-0.05, 0) is 12.1 Å². The Morgan fingerprint density at radius 3 is 3.00 bits per heavy atom. The number of para-hydroxylation sites is 2. The standard InChI is InChI=1S/C8H6N2O2/c11-9-5-8-10-6-3-1-2-4-7(6)12-8/h1-5,11H. The topological polar surface area (TPSA) is 58.6 Å². The van der Waals surface area contributed by atoms with E-state index < -0.39 is 0 Å². The van der Waals surface area contributed by atoms with E-state index in [4.69, 9.17) is 9.62 Å². The van der Waals surface area contributed by atoms with Gasteiger partial charge in [-0.2, -0.15) is 0 Å². The summed E-state index contributed by atoms with van der Waals surface area (Å²) in [6.45, 7) is 0. The number of hydrogen-bond acceptors (Lipinski definition) is 4. The van der Waals surface area contributed by atoms with Gasteiger partial charge in [-0.3, -0.25) is 0 Å². The number of oxime groups is 1. The molecule has 1 heterocycles. The summed E-state index contributed by atoms with van der Waals surface area (Å²) in [5.74, 6) is 0.304. The highest BCUT2D eigenvalue weighted by Crippen LogP contribution is 2.12. The first-order valence-electron chi connectivity index (χ1n) is 3.43. The van der Waals surface area contributed by atoms with Crippen LogP contribution in [0.2, 0.25) is 0 Å². The molecule has 0 fully saturated rings. The van der Waals surface area contributed by atoms with Gasteiger partial charge in [0, 0.05) is 0 Å². The van der Waals surface area contributed by atoms with Crippen LogP contribution in [0, 0.1) is 0 Å². The minimum absolute atomic E-state index is 0.304. The van der Waals surface area contributed by atoms with Crippen molar-refractivity contribution >= 4 is 17.3 Å². The summed E-state index contributed by atoms with van der Waals surface area (Å²) >= 11 is 0. The molecule has 0 amide bonds. The molecule has 2 rings (SSSR count). The molecule has 0 aliphatic rings. The van der Waals surface area contributed by atoms with Crippen molar-refractivity contribution in [3.63, 3.8) is 0 Å². The third-order valence-electron chi connectivity index (χ3n) is 1.48. The molecule has 0 aliphatic heterocycles. The van der Waals surface area contributed by atoms with Gasteiger partial charge in [-0.1, -0.05) is 17.3 Å². The first kappa shape index (κ1) is 6.84. The van der Waals surface area contributed by atoms with E-state index in [1.165, 1.54) is 0 Å². The number of fused-ring (bicyclic) bond motifs is 1. The van der Waals surface area contributed by atoms with Gasteiger partial charge in [0.15, 0.2) is 5.58 Å². The van der Waals surface area contributed by atoms with Crippen LogP contribution in [0.25, 0.3) is 11.1 Å². The highest BCUT2D eigenvalue weighted by Gasteiger charge is 2.00. The monoisotopic (exact) mass is 162 g/mol. The Morgan fingerprint density at radius 1 is 1.42 bits per heavy atom. The third kappa shape index (κ3) is 1.03. The summed E-state index contributed by atoms with van der Waals surface area (Å²) in [7, 11) is 0. The normalized spacial score (nSPS) is 11.3. The van der Waals surface area contributed by atoms with Crippen LogP contribution in [0.5, 0.6) is 0 Å². The molecule has 12 heavy (non-hydrogen) atoms. The maximum atomic E-state index is 8.21. The van der Waals surface area contributed by atoms with Crippen molar-refractivity contribution in [2.45, 2.75) is 0 Å². The Morgan fingerprint density at radius 2 is 2.25 bits per heavy atom. The van der Waals surface area contributed by atoms with Crippen LogP contribution >= 0.6 is 0 Å². The molecule has 0 saturated carbocycles. The molecule has 1 N–H and O–H groups in total. The lowest BCUT2D eigenvalue weighted by Crippen LogP contribution is -1.77. The first-order valence-corrected chi connectivity index (χ1v) is 3.43. The molecule has 60 valence electrons. The molecule has 0 atom stereocenters. The molecule has 2 aromatic rings. The van der Waals surface area contributed by atoms with Crippen LogP contribution in [-0.2, 0) is 0 Å². The molecule has 0 radical (unpaired) electrons. The van der Waals surface area contributed by atoms with E-state index in [0.29, 0.717) is 11.5 Å². The van der Waals surface area contributed by atoms with E-state index in [2.05, 4.69) is 10.1 Å². The van der Waals surface area contributed by atoms with E-state index in [9.17, 15) is 0 Å². The van der Waals surface area contributed by atoms with Gasteiger partial charge in [0.1, 0.15) is 11.7 Å². The molecule has 4 nitrogen and oxygen atoms in total. The number of oxazole rings is 1. The molecule has 0 unspecified atom stereocenters. The number of nitrogens with zero attached hydrogens (tertiary/aromatic N) is 2. The fraction of sp³-hybridized carbons (Fsp3) is 0. The van der Waals surface area contributed by atoms with Gasteiger partial charge in [-0.25, -0.2) is 4.98 Å². The van der Waals surface area contributed by atoms with E-state index in [-0.39, 0.29) is 0 Å². The van der Waals surface area contributed by atoms with Gasteiger partial charge in [0.2, 0.25) is 5.89 Å². The van der Waals surface area contributed by atoms with Gasteiger partial charge in [0.05, 0.1) is 0 Å². The highest BCUT2D eigenvalue weighted by atomic mass is 16.4. The second-order valence-corrected chi connectivity index (χ2v) is 2.26. The third-order valence-corrected chi connectivity index (χ3v) is 1.48. The van der Waals surface area contributed by atoms with Crippen LogP contribution in [0.4, 0.5) is 0 Å². The molecule has 0 aliphatic carbocycles. The molecule has 0 spiro atoms. The van der Waals surface area contributed by atoms with Crippen molar-refractivity contribution in [2.75, 3.05) is 0 Å². The second-order valence-electron chi connectivity index (χ2n) is 2.26. The zero-order valence-electron chi connectivity index (χ0n) is 6.14. The van der Waals surface area contributed by atoms with Crippen molar-refractivity contribution in [3.8, 4) is 0 Å². The van der Waals surface area contributed by atoms with Gasteiger partial charge >= 0.3 is 0 Å². The average molecular weight is 162 g/mol. The average Bonchev–Trinajstić information content (AvgIpc) is 2.47. The van der Waals surface area contributed by atoms with Gasteiger partial charge in [0.25, 0.3) is 0 Å². The summed E-state index contributed by atoms with van der Waals surface area (Å²) in [5, 5.41) is 11.0. The van der Waals surface area contributed by atoms with Crippen molar-refractivity contribution in [1.82, 2.24) is 4.98 Å². The van der Waals surface area contributed by atoms with E-state index in [1.54, 1.807) is 6.07 Å². The zero-order chi connectivity index (χ0) is 8.39. The van der Waals surface area contributed by atoms with Crippen LogP contribution in [0.1, 0.15) is 5.89 Å². The maximum Gasteiger partial charge on any atom is 0.241 e. The summed E-state index contributed by atoms with van der Waals surface area (Å²) in [6.07, 6.45) is 1.15. The minimum atomic E-state index is 0.304. The van der Waals surface area contributed by atoms with E-state index >= 15 is 0 Å². The minimum Gasteiger partial charge on any atom is -0.435 e. The van der Waals surface area contributed by atoms with Crippen molar-refractivity contribution in [1.29, 1.82) is 0 Å². The lowest BCUT2D eigenvalue weighted by molar-refractivity contribution is 0.320. The van der Waals surface area contributed by atoms with E-state index in [1.807, 2.05) is 18.2 Å². The Kier molecular flexibility index (Phi) is 1.51. The lowest BCUT2D eigenvalue weighted by atomic mass is 10.3. The summed E-state index contributed by atoms with van der Waals surface area (Å²) in [6, 6.07) is 7.35. The van der Waals surface area contributed by atoms with Gasteiger partial charge in [-0.15, -0.1) is 0 Å². The van der Waals surface area contributed by atoms with Crippen LogP contribution in [0.3, 0.4) is 0 Å². The predicted octanol–water partition coefficient (Wildman–Crippen LogP) is 1.64. The maximum absolute atomic E-state index is 8.21. The van der Waals surface area contributed by atoms with Crippen molar-refractivity contribution in [3.05, 3.63) is 30.2 Å². The molecular formula is C8H6N2O2. The SMILES string of the molecule is ON=Cc1nc2ccccc2o1. The quantitative estimate of drug-likeness (QED) is 0.394. The summed E-state index contributed by atoms with van der Waals surface area (Å²) in [5.41, 5.74) is 1.44. The Hall–Kier alpha value is -1.84. The smallest absolute Gasteiger partial charge is 0.241 e. The second kappa shape index (κ2) is 2.65. The van der Waals surface area contributed by atoms with Crippen molar-refractivity contribution < 1.29 is 9.62 Å². The van der Waals surface area contributed by atoms with Crippen LogP contribution in [0.15, 0.2) is 33.8 Å². The fourth-order valence-electron chi connectivity index (χ4n) is 0.995. The number of hydrogen-bond donors (Lipinski definition) is 1. The summed E-state index contributed by atoms with van der Waals surface area (Å²) in [4.78, 5) is 4.03. The largest absolute Gasteiger partial charge is 0.435 e. The number of aromatic nitrogens is 1. The molecule has 0 saturated heterocycles. The number of benzene rings is 1. The van der Waals surface area contributed by atoms with Crippen LogP contribution < -0.4 is 0 Å². The molecule has 1 aromatic heterocycles. The van der Waals surface area contributed by atoms with Gasteiger partial charge < -0.3 is 9.62 Å². The lowest BCUT2D eigenvalue weighted by Gasteiger charge is -1.79. The molecule has 0 bridgehead atoms. The first-order chi connectivity index (χ1) is 5.90.